The average molecular weight is 581 g/mol. The van der Waals surface area contributed by atoms with Gasteiger partial charge in [-0.3, -0.25) is 9.80 Å². The van der Waals surface area contributed by atoms with Gasteiger partial charge in [-0.15, -0.1) is 0 Å². The lowest BCUT2D eigenvalue weighted by molar-refractivity contribution is 0.0766. The average Bonchev–Trinajstić information content (AvgIpc) is 3.77. The fourth-order valence-corrected chi connectivity index (χ4v) is 7.01. The van der Waals surface area contributed by atoms with Crippen LogP contribution in [0.1, 0.15) is 68.1 Å². The number of nitrogens with zero attached hydrogens (tertiary/aromatic N) is 2. The first-order valence-corrected chi connectivity index (χ1v) is 16.3. The molecule has 3 aromatic carbocycles. The van der Waals surface area contributed by atoms with E-state index in [1.54, 1.807) is 12.1 Å². The maximum atomic E-state index is 10.1. The van der Waals surface area contributed by atoms with Crippen LogP contribution in [0.2, 0.25) is 0 Å². The van der Waals surface area contributed by atoms with Crippen LogP contribution in [0, 0.1) is 5.92 Å². The van der Waals surface area contributed by atoms with Gasteiger partial charge in [0.05, 0.1) is 0 Å². The molecule has 4 aliphatic rings. The highest BCUT2D eigenvalue weighted by molar-refractivity contribution is 6.00. The second-order valence-corrected chi connectivity index (χ2v) is 12.7. The SMILES string of the molecule is Oc1ccc(C(=C(c2ccc3c(c2)OCO3)C2CC2)c2ccc(OC(CN3CCCCC3)CN3CCCCC3)cc2)cc1. The number of likely N-dealkylation sites (tertiary alicyclic amines) is 2. The Morgan fingerprint density at radius 3 is 1.86 bits per heavy atom. The highest BCUT2D eigenvalue weighted by atomic mass is 16.7. The summed E-state index contributed by atoms with van der Waals surface area (Å²) in [7, 11) is 0. The van der Waals surface area contributed by atoms with Crippen LogP contribution in [0.25, 0.3) is 11.1 Å². The summed E-state index contributed by atoms with van der Waals surface area (Å²) < 4.78 is 18.1. The maximum Gasteiger partial charge on any atom is 0.231 e. The van der Waals surface area contributed by atoms with Crippen molar-refractivity contribution in [3.05, 3.63) is 83.4 Å². The van der Waals surface area contributed by atoms with Gasteiger partial charge in [0, 0.05) is 13.1 Å². The number of benzene rings is 3. The first kappa shape index (κ1) is 28.3. The second kappa shape index (κ2) is 13.0. The van der Waals surface area contributed by atoms with Crippen molar-refractivity contribution in [1.82, 2.24) is 9.80 Å². The first-order chi connectivity index (χ1) is 21.2. The maximum absolute atomic E-state index is 10.1. The molecule has 2 saturated heterocycles. The van der Waals surface area contributed by atoms with Gasteiger partial charge in [-0.25, -0.2) is 0 Å². The van der Waals surface area contributed by atoms with Gasteiger partial charge in [0.1, 0.15) is 17.6 Å². The molecule has 1 saturated carbocycles. The zero-order valence-electron chi connectivity index (χ0n) is 25.2. The van der Waals surface area contributed by atoms with Crippen molar-refractivity contribution in [3.8, 4) is 23.0 Å². The molecule has 6 heteroatoms. The zero-order chi connectivity index (χ0) is 29.0. The van der Waals surface area contributed by atoms with Crippen LogP contribution < -0.4 is 14.2 Å². The minimum absolute atomic E-state index is 0.157. The van der Waals surface area contributed by atoms with Crippen molar-refractivity contribution in [2.75, 3.05) is 46.1 Å². The fourth-order valence-electron chi connectivity index (χ4n) is 7.01. The minimum atomic E-state index is 0.157. The highest BCUT2D eigenvalue weighted by Crippen LogP contribution is 2.49. The number of phenolic OH excluding ortho intramolecular Hbond substituents is 1. The lowest BCUT2D eigenvalue weighted by Gasteiger charge is -2.34. The molecule has 0 spiro atoms. The van der Waals surface area contributed by atoms with E-state index < -0.39 is 0 Å². The lowest BCUT2D eigenvalue weighted by atomic mass is 9.87. The molecule has 0 unspecified atom stereocenters. The standard InChI is InChI=1S/C37H44N2O4/c40-31-14-9-28(10-15-31)36(37(27-7-8-27)30-13-18-34-35(23-30)42-26-41-34)29-11-16-32(17-12-29)43-33(24-38-19-3-1-4-20-38)25-39-21-5-2-6-22-39/h9-18,23,27,33,40H,1-8,19-22,24-26H2. The molecule has 43 heavy (non-hydrogen) atoms. The van der Waals surface area contributed by atoms with Crippen LogP contribution in [-0.2, 0) is 0 Å². The molecular weight excluding hydrogens is 536 g/mol. The molecule has 7 rings (SSSR count). The van der Waals surface area contributed by atoms with Crippen molar-refractivity contribution in [1.29, 1.82) is 0 Å². The summed E-state index contributed by atoms with van der Waals surface area (Å²) in [5.74, 6) is 3.30. The van der Waals surface area contributed by atoms with Gasteiger partial charge in [-0.1, -0.05) is 43.2 Å². The third-order valence-corrected chi connectivity index (χ3v) is 9.36. The molecular formula is C37H44N2O4. The Labute approximate surface area is 255 Å². The minimum Gasteiger partial charge on any atom is -0.508 e. The summed E-state index contributed by atoms with van der Waals surface area (Å²) in [5.41, 5.74) is 5.94. The van der Waals surface area contributed by atoms with Crippen LogP contribution >= 0.6 is 0 Å². The Morgan fingerprint density at radius 1 is 0.698 bits per heavy atom. The number of aromatic hydroxyl groups is 1. The van der Waals surface area contributed by atoms with Crippen LogP contribution in [0.5, 0.6) is 23.0 Å². The van der Waals surface area contributed by atoms with Gasteiger partial charge in [-0.05, 0) is 135 Å². The number of fused-ring (bicyclic) bond motifs is 1. The zero-order valence-corrected chi connectivity index (χ0v) is 25.2. The summed E-state index contributed by atoms with van der Waals surface area (Å²) in [6, 6.07) is 22.7. The first-order valence-electron chi connectivity index (χ1n) is 16.3. The third-order valence-electron chi connectivity index (χ3n) is 9.36. The van der Waals surface area contributed by atoms with Crippen molar-refractivity contribution in [2.45, 2.75) is 57.5 Å². The normalized spacial score (nSPS) is 19.8. The predicted molar refractivity (Wildman–Crippen MR) is 171 cm³/mol. The summed E-state index contributed by atoms with van der Waals surface area (Å²) >= 11 is 0. The van der Waals surface area contributed by atoms with E-state index >= 15 is 0 Å². The Balaban J connectivity index is 1.19. The van der Waals surface area contributed by atoms with E-state index in [4.69, 9.17) is 14.2 Å². The molecule has 3 aliphatic heterocycles. The van der Waals surface area contributed by atoms with Gasteiger partial charge in [0.15, 0.2) is 11.5 Å². The second-order valence-electron chi connectivity index (χ2n) is 12.7. The molecule has 0 atom stereocenters. The van der Waals surface area contributed by atoms with E-state index in [9.17, 15) is 5.11 Å². The molecule has 0 bridgehead atoms. The molecule has 226 valence electrons. The van der Waals surface area contributed by atoms with Gasteiger partial charge in [0.25, 0.3) is 0 Å². The van der Waals surface area contributed by atoms with E-state index in [0.29, 0.717) is 5.92 Å². The van der Waals surface area contributed by atoms with E-state index in [0.717, 1.165) is 41.5 Å². The van der Waals surface area contributed by atoms with Gasteiger partial charge < -0.3 is 19.3 Å². The van der Waals surface area contributed by atoms with E-state index in [1.165, 1.54) is 94.3 Å². The Morgan fingerprint density at radius 2 is 1.26 bits per heavy atom. The molecule has 1 aliphatic carbocycles. The summed E-state index contributed by atoms with van der Waals surface area (Å²) in [4.78, 5) is 5.21. The van der Waals surface area contributed by atoms with E-state index in [2.05, 4.69) is 46.2 Å². The lowest BCUT2D eigenvalue weighted by Crippen LogP contribution is -2.46. The van der Waals surface area contributed by atoms with E-state index in [-0.39, 0.29) is 18.6 Å². The molecule has 6 nitrogen and oxygen atoms in total. The van der Waals surface area contributed by atoms with Gasteiger partial charge >= 0.3 is 0 Å². The van der Waals surface area contributed by atoms with Crippen LogP contribution in [0.4, 0.5) is 0 Å². The highest BCUT2D eigenvalue weighted by Gasteiger charge is 2.32. The third kappa shape index (κ3) is 6.86. The summed E-state index contributed by atoms with van der Waals surface area (Å²) in [6.07, 6.45) is 10.4. The quantitative estimate of drug-likeness (QED) is 0.256. The largest absolute Gasteiger partial charge is 0.508 e. The molecule has 1 N–H and O–H groups in total. The van der Waals surface area contributed by atoms with Crippen LogP contribution in [0.15, 0.2) is 66.7 Å². The van der Waals surface area contributed by atoms with E-state index in [1.807, 2.05) is 18.2 Å². The van der Waals surface area contributed by atoms with Gasteiger partial charge in [0.2, 0.25) is 6.79 Å². The molecule has 3 aromatic rings. The molecule has 0 amide bonds. The number of hydrogen-bond acceptors (Lipinski definition) is 6. The van der Waals surface area contributed by atoms with Crippen molar-refractivity contribution in [3.63, 3.8) is 0 Å². The molecule has 0 radical (unpaired) electrons. The number of phenols is 1. The number of ether oxygens (including phenoxy) is 3. The molecule has 0 aromatic heterocycles. The monoisotopic (exact) mass is 580 g/mol. The number of hydrogen-bond donors (Lipinski definition) is 1. The van der Waals surface area contributed by atoms with Gasteiger partial charge in [-0.2, -0.15) is 0 Å². The number of rotatable bonds is 10. The van der Waals surface area contributed by atoms with Crippen molar-refractivity contribution >= 4 is 11.1 Å². The smallest absolute Gasteiger partial charge is 0.231 e. The molecule has 3 fully saturated rings. The Bertz CT molecular complexity index is 1380. The van der Waals surface area contributed by atoms with Crippen molar-refractivity contribution < 1.29 is 19.3 Å². The Hall–Kier alpha value is -3.48. The summed E-state index contributed by atoms with van der Waals surface area (Å²) in [6.45, 7) is 6.99. The number of allylic oxidation sites excluding steroid dienone is 1. The van der Waals surface area contributed by atoms with Crippen molar-refractivity contribution in [2.24, 2.45) is 5.92 Å². The fraction of sp³-hybridized carbons (Fsp3) is 0.459. The summed E-state index contributed by atoms with van der Waals surface area (Å²) in [5, 5.41) is 10.1. The predicted octanol–water partition coefficient (Wildman–Crippen LogP) is 7.21. The number of piperidine rings is 2. The Kier molecular flexibility index (Phi) is 8.57. The topological polar surface area (TPSA) is 54.4 Å². The van der Waals surface area contributed by atoms with Crippen LogP contribution in [0.3, 0.4) is 0 Å². The van der Waals surface area contributed by atoms with Crippen LogP contribution in [-0.4, -0.2) is 67.1 Å². The molecule has 3 heterocycles.